The van der Waals surface area contributed by atoms with E-state index in [9.17, 15) is 22.8 Å². The van der Waals surface area contributed by atoms with Crippen molar-refractivity contribution in [3.05, 3.63) is 64.7 Å². The summed E-state index contributed by atoms with van der Waals surface area (Å²) < 4.78 is 39.9. The molecule has 2 aliphatic rings. The topological polar surface area (TPSA) is 63.4 Å². The number of amides is 2. The molecule has 2 N–H and O–H groups in total. The van der Waals surface area contributed by atoms with Gasteiger partial charge >= 0.3 is 6.18 Å². The quantitative estimate of drug-likeness (QED) is 0.867. The highest BCUT2D eigenvalue weighted by Gasteiger charge is 2.49. The summed E-state index contributed by atoms with van der Waals surface area (Å²) in [6.45, 7) is 0.484. The van der Waals surface area contributed by atoms with Crippen LogP contribution in [0.1, 0.15) is 45.8 Å². The van der Waals surface area contributed by atoms with Crippen molar-refractivity contribution in [3.8, 4) is 0 Å². The van der Waals surface area contributed by atoms with Gasteiger partial charge in [0.25, 0.3) is 0 Å². The summed E-state index contributed by atoms with van der Waals surface area (Å²) >= 11 is 0. The minimum Gasteiger partial charge on any atom is -0.366 e. The van der Waals surface area contributed by atoms with Crippen molar-refractivity contribution < 1.29 is 22.8 Å². The molecule has 1 heterocycles. The summed E-state index contributed by atoms with van der Waals surface area (Å²) in [5.74, 6) is -1.65. The van der Waals surface area contributed by atoms with Crippen LogP contribution >= 0.6 is 0 Å². The lowest BCUT2D eigenvalue weighted by Crippen LogP contribution is -2.37. The van der Waals surface area contributed by atoms with E-state index in [0.717, 1.165) is 11.6 Å². The van der Waals surface area contributed by atoms with Crippen LogP contribution in [0, 0.1) is 5.92 Å². The molecule has 4 nitrogen and oxygen atoms in total. The van der Waals surface area contributed by atoms with Crippen molar-refractivity contribution in [3.63, 3.8) is 0 Å². The van der Waals surface area contributed by atoms with Gasteiger partial charge in [-0.15, -0.1) is 0 Å². The number of halogens is 3. The molecule has 2 aromatic carbocycles. The lowest BCUT2D eigenvalue weighted by molar-refractivity contribution is -0.138. The van der Waals surface area contributed by atoms with Crippen molar-refractivity contribution in [1.82, 2.24) is 0 Å². The monoisotopic (exact) mass is 388 g/mol. The van der Waals surface area contributed by atoms with E-state index in [1.807, 2.05) is 0 Å². The first-order valence-corrected chi connectivity index (χ1v) is 9.18. The number of nitrogens with two attached hydrogens (primary N) is 1. The Balaban J connectivity index is 1.61. The number of carbonyl (C=O) groups excluding carboxylic acids is 2. The molecule has 1 aliphatic carbocycles. The number of nitrogens with zero attached hydrogens (tertiary/aromatic N) is 1. The summed E-state index contributed by atoms with van der Waals surface area (Å²) in [5, 5.41) is 0. The van der Waals surface area contributed by atoms with Crippen LogP contribution in [0.2, 0.25) is 0 Å². The Hall–Kier alpha value is -2.83. The van der Waals surface area contributed by atoms with Crippen LogP contribution in [0.15, 0.2) is 42.5 Å². The first kappa shape index (κ1) is 18.5. The maximum absolute atomic E-state index is 13.3. The number of benzene rings is 2. The molecule has 0 radical (unpaired) electrons. The van der Waals surface area contributed by atoms with Crippen molar-refractivity contribution >= 4 is 17.5 Å². The van der Waals surface area contributed by atoms with Gasteiger partial charge in [0, 0.05) is 23.7 Å². The molecule has 2 aromatic rings. The second kappa shape index (κ2) is 6.65. The van der Waals surface area contributed by atoms with Crippen LogP contribution < -0.4 is 10.6 Å². The Morgan fingerprint density at radius 3 is 2.54 bits per heavy atom. The zero-order chi connectivity index (χ0) is 20.1. The molecule has 1 saturated carbocycles. The van der Waals surface area contributed by atoms with E-state index in [-0.39, 0.29) is 11.5 Å². The Kier molecular flexibility index (Phi) is 4.40. The molecule has 7 heteroatoms. The third kappa shape index (κ3) is 3.15. The molecule has 146 valence electrons. The van der Waals surface area contributed by atoms with Gasteiger partial charge < -0.3 is 10.6 Å². The molecule has 0 spiro atoms. The Labute approximate surface area is 160 Å². The van der Waals surface area contributed by atoms with Gasteiger partial charge in [0.2, 0.25) is 11.8 Å². The number of alkyl halides is 3. The summed E-state index contributed by atoms with van der Waals surface area (Å²) in [6.07, 6.45) is -2.73. The molecule has 4 rings (SSSR count). The number of anilines is 1. The smallest absolute Gasteiger partial charge is 0.366 e. The van der Waals surface area contributed by atoms with E-state index in [1.54, 1.807) is 29.2 Å². The Morgan fingerprint density at radius 2 is 1.82 bits per heavy atom. The second-order valence-corrected chi connectivity index (χ2v) is 7.29. The Bertz CT molecular complexity index is 955. The van der Waals surface area contributed by atoms with E-state index in [0.29, 0.717) is 37.1 Å². The molecule has 0 aromatic heterocycles. The van der Waals surface area contributed by atoms with E-state index in [4.69, 9.17) is 5.73 Å². The number of fused-ring (bicyclic) bond motifs is 1. The highest BCUT2D eigenvalue weighted by Crippen LogP contribution is 2.52. The van der Waals surface area contributed by atoms with E-state index in [1.165, 1.54) is 12.1 Å². The van der Waals surface area contributed by atoms with Crippen molar-refractivity contribution in [2.24, 2.45) is 11.7 Å². The number of carbonyl (C=O) groups is 2. The van der Waals surface area contributed by atoms with Crippen molar-refractivity contribution in [2.45, 2.75) is 31.4 Å². The standard InChI is InChI=1S/C21H19F3N2O2/c22-21(23,24)17-8-2-1-5-12(17)15-11-16(15)20(28)26-10-4-7-13-14(19(25)27)6-3-9-18(13)26/h1-3,5-6,8-9,15-16H,4,7,10-11H2,(H2,25,27)/t15-,16-/m1/s1. The minimum absolute atomic E-state index is 0.177. The van der Waals surface area contributed by atoms with Gasteiger partial charge in [0.05, 0.1) is 5.56 Å². The molecule has 2 amide bonds. The summed E-state index contributed by atoms with van der Waals surface area (Å²) in [5.41, 5.74) is 6.71. The zero-order valence-electron chi connectivity index (χ0n) is 15.0. The first-order chi connectivity index (χ1) is 13.3. The fourth-order valence-corrected chi connectivity index (χ4v) is 4.17. The zero-order valence-corrected chi connectivity index (χ0v) is 15.0. The lowest BCUT2D eigenvalue weighted by Gasteiger charge is -2.31. The third-order valence-electron chi connectivity index (χ3n) is 5.56. The number of hydrogen-bond acceptors (Lipinski definition) is 2. The third-order valence-corrected chi connectivity index (χ3v) is 5.56. The van der Waals surface area contributed by atoms with Crippen molar-refractivity contribution in [2.75, 3.05) is 11.4 Å². The van der Waals surface area contributed by atoms with Crippen LogP contribution in [-0.2, 0) is 17.4 Å². The molecule has 0 bridgehead atoms. The van der Waals surface area contributed by atoms with Crippen molar-refractivity contribution in [1.29, 1.82) is 0 Å². The fraction of sp³-hybridized carbons (Fsp3) is 0.333. The average molecular weight is 388 g/mol. The maximum Gasteiger partial charge on any atom is 0.416 e. The molecule has 2 atom stereocenters. The van der Waals surface area contributed by atoms with Crippen LogP contribution in [0.3, 0.4) is 0 Å². The summed E-state index contributed by atoms with van der Waals surface area (Å²) in [7, 11) is 0. The molecule has 0 unspecified atom stereocenters. The molecule has 1 aliphatic heterocycles. The summed E-state index contributed by atoms with van der Waals surface area (Å²) in [6, 6.07) is 10.5. The normalized spacial score (nSPS) is 21.2. The lowest BCUT2D eigenvalue weighted by atomic mass is 9.95. The highest BCUT2D eigenvalue weighted by atomic mass is 19.4. The van der Waals surface area contributed by atoms with Gasteiger partial charge in [-0.05, 0) is 54.5 Å². The molecule has 0 saturated heterocycles. The minimum atomic E-state index is -4.44. The number of rotatable bonds is 3. The molecular weight excluding hydrogens is 369 g/mol. The number of hydrogen-bond donors (Lipinski definition) is 1. The number of primary amides is 1. The second-order valence-electron chi connectivity index (χ2n) is 7.29. The SMILES string of the molecule is NC(=O)c1cccc2c1CCCN2C(=O)[C@@H]1C[C@@H]1c1ccccc1C(F)(F)F. The van der Waals surface area contributed by atoms with Gasteiger partial charge in [-0.3, -0.25) is 9.59 Å². The van der Waals surface area contributed by atoms with E-state index >= 15 is 0 Å². The molecule has 28 heavy (non-hydrogen) atoms. The van der Waals surface area contributed by atoms with Gasteiger partial charge in [-0.25, -0.2) is 0 Å². The Morgan fingerprint density at radius 1 is 1.07 bits per heavy atom. The van der Waals surface area contributed by atoms with Gasteiger partial charge in [-0.2, -0.15) is 13.2 Å². The highest BCUT2D eigenvalue weighted by molar-refractivity contribution is 6.02. The van der Waals surface area contributed by atoms with Gasteiger partial charge in [0.15, 0.2) is 0 Å². The van der Waals surface area contributed by atoms with E-state index in [2.05, 4.69) is 0 Å². The van der Waals surface area contributed by atoms with Gasteiger partial charge in [-0.1, -0.05) is 24.3 Å². The summed E-state index contributed by atoms with van der Waals surface area (Å²) in [4.78, 5) is 26.4. The maximum atomic E-state index is 13.3. The average Bonchev–Trinajstić information content (AvgIpc) is 3.46. The molecular formula is C21H19F3N2O2. The van der Waals surface area contributed by atoms with Crippen LogP contribution in [0.25, 0.3) is 0 Å². The van der Waals surface area contributed by atoms with Crippen LogP contribution in [-0.4, -0.2) is 18.4 Å². The van der Waals surface area contributed by atoms with E-state index < -0.39 is 29.5 Å². The fourth-order valence-electron chi connectivity index (χ4n) is 4.17. The predicted octanol–water partition coefficient (Wildman–Crippen LogP) is 3.89. The van der Waals surface area contributed by atoms with Crippen LogP contribution in [0.4, 0.5) is 18.9 Å². The van der Waals surface area contributed by atoms with Gasteiger partial charge in [0.1, 0.15) is 0 Å². The first-order valence-electron chi connectivity index (χ1n) is 9.18. The van der Waals surface area contributed by atoms with Crippen LogP contribution in [0.5, 0.6) is 0 Å². The predicted molar refractivity (Wildman–Crippen MR) is 97.9 cm³/mol. The molecule has 1 fully saturated rings. The largest absolute Gasteiger partial charge is 0.416 e.